The molecular weight excluding hydrogens is 232 g/mol. The summed E-state index contributed by atoms with van der Waals surface area (Å²) in [6.07, 6.45) is 0. The minimum atomic E-state index is -0.482. The van der Waals surface area contributed by atoms with Gasteiger partial charge in [-0.25, -0.2) is 9.78 Å². The predicted octanol–water partition coefficient (Wildman–Crippen LogP) is 1.27. The Labute approximate surface area is 75.5 Å². The predicted molar refractivity (Wildman–Crippen MR) is 45.6 cm³/mol. The summed E-state index contributed by atoms with van der Waals surface area (Å²) in [5.41, 5.74) is 5.57. The molecule has 0 radical (unpaired) electrons. The highest BCUT2D eigenvalue weighted by atomic mass is 79.9. The zero-order chi connectivity index (χ0) is 8.43. The second kappa shape index (κ2) is 3.19. The molecule has 0 amide bonds. The van der Waals surface area contributed by atoms with E-state index in [0.29, 0.717) is 8.92 Å². The normalized spacial score (nSPS) is 9.64. The number of esters is 1. The number of hydrogen-bond donors (Lipinski definition) is 1. The SMILES string of the molecule is COC(=O)c1nc(N)sc1Br. The van der Waals surface area contributed by atoms with Crippen LogP contribution in [0.2, 0.25) is 0 Å². The van der Waals surface area contributed by atoms with E-state index in [9.17, 15) is 4.79 Å². The molecule has 0 spiro atoms. The molecule has 0 fully saturated rings. The molecule has 0 aliphatic carbocycles. The fourth-order valence-corrected chi connectivity index (χ4v) is 1.83. The lowest BCUT2D eigenvalue weighted by molar-refractivity contribution is 0.0594. The van der Waals surface area contributed by atoms with E-state index >= 15 is 0 Å². The van der Waals surface area contributed by atoms with Crippen molar-refractivity contribution in [2.45, 2.75) is 0 Å². The maximum atomic E-state index is 10.9. The summed E-state index contributed by atoms with van der Waals surface area (Å²) in [5.74, 6) is -0.482. The van der Waals surface area contributed by atoms with Crippen molar-refractivity contribution in [3.63, 3.8) is 0 Å². The van der Waals surface area contributed by atoms with Gasteiger partial charge in [0.25, 0.3) is 0 Å². The minimum Gasteiger partial charge on any atom is -0.464 e. The molecule has 0 unspecified atom stereocenters. The Morgan fingerprint density at radius 3 is 2.82 bits per heavy atom. The number of methoxy groups -OCH3 is 1. The van der Waals surface area contributed by atoms with Gasteiger partial charge < -0.3 is 10.5 Å². The van der Waals surface area contributed by atoms with Gasteiger partial charge in [-0.05, 0) is 15.9 Å². The van der Waals surface area contributed by atoms with Crippen LogP contribution in [-0.2, 0) is 4.74 Å². The summed E-state index contributed by atoms with van der Waals surface area (Å²) in [4.78, 5) is 14.6. The average molecular weight is 237 g/mol. The monoisotopic (exact) mass is 236 g/mol. The molecule has 0 atom stereocenters. The smallest absolute Gasteiger partial charge is 0.358 e. The number of nitrogens with zero attached hydrogens (tertiary/aromatic N) is 1. The van der Waals surface area contributed by atoms with Crippen LogP contribution in [-0.4, -0.2) is 18.1 Å². The first-order chi connectivity index (χ1) is 5.15. The largest absolute Gasteiger partial charge is 0.464 e. The fraction of sp³-hybridized carbons (Fsp3) is 0.200. The molecule has 0 aliphatic heterocycles. The molecule has 1 aromatic rings. The Bertz CT molecular complexity index is 286. The molecule has 6 heteroatoms. The van der Waals surface area contributed by atoms with E-state index in [1.54, 1.807) is 0 Å². The van der Waals surface area contributed by atoms with Crippen LogP contribution in [0.5, 0.6) is 0 Å². The minimum absolute atomic E-state index is 0.231. The Hall–Kier alpha value is -0.620. The van der Waals surface area contributed by atoms with Crippen molar-refractivity contribution in [3.8, 4) is 0 Å². The summed E-state index contributed by atoms with van der Waals surface area (Å²) < 4.78 is 5.05. The molecule has 4 nitrogen and oxygen atoms in total. The van der Waals surface area contributed by atoms with Gasteiger partial charge in [0.05, 0.1) is 7.11 Å². The van der Waals surface area contributed by atoms with E-state index in [0.717, 1.165) is 0 Å². The lowest BCUT2D eigenvalue weighted by Crippen LogP contribution is -2.02. The van der Waals surface area contributed by atoms with Gasteiger partial charge in [-0.15, -0.1) is 0 Å². The first-order valence-electron chi connectivity index (χ1n) is 2.65. The van der Waals surface area contributed by atoms with Gasteiger partial charge in [0.2, 0.25) is 0 Å². The molecule has 0 saturated heterocycles. The van der Waals surface area contributed by atoms with Gasteiger partial charge in [-0.2, -0.15) is 0 Å². The van der Waals surface area contributed by atoms with E-state index in [-0.39, 0.29) is 5.69 Å². The number of halogens is 1. The Morgan fingerprint density at radius 2 is 2.45 bits per heavy atom. The zero-order valence-electron chi connectivity index (χ0n) is 5.63. The second-order valence-corrected chi connectivity index (χ2v) is 4.01. The van der Waals surface area contributed by atoms with Gasteiger partial charge in [-0.3, -0.25) is 0 Å². The number of anilines is 1. The highest BCUT2D eigenvalue weighted by Crippen LogP contribution is 2.26. The summed E-state index contributed by atoms with van der Waals surface area (Å²) in [6, 6.07) is 0. The fourth-order valence-electron chi connectivity index (χ4n) is 0.540. The average Bonchev–Trinajstić information content (AvgIpc) is 2.28. The third kappa shape index (κ3) is 1.69. The summed E-state index contributed by atoms with van der Waals surface area (Å²) in [7, 11) is 1.30. The second-order valence-electron chi connectivity index (χ2n) is 1.67. The molecule has 1 heterocycles. The highest BCUT2D eigenvalue weighted by molar-refractivity contribution is 9.11. The van der Waals surface area contributed by atoms with Gasteiger partial charge in [-0.1, -0.05) is 11.3 Å². The molecular formula is C5H5BrN2O2S. The molecule has 0 saturated carbocycles. The van der Waals surface area contributed by atoms with Crippen LogP contribution < -0.4 is 5.73 Å². The molecule has 2 N–H and O–H groups in total. The van der Waals surface area contributed by atoms with Gasteiger partial charge in [0.15, 0.2) is 10.8 Å². The van der Waals surface area contributed by atoms with E-state index in [4.69, 9.17) is 5.73 Å². The first-order valence-corrected chi connectivity index (χ1v) is 4.26. The van der Waals surface area contributed by atoms with E-state index in [1.165, 1.54) is 18.4 Å². The lowest BCUT2D eigenvalue weighted by atomic mass is 10.5. The van der Waals surface area contributed by atoms with Crippen molar-refractivity contribution in [2.24, 2.45) is 0 Å². The van der Waals surface area contributed by atoms with Gasteiger partial charge in [0.1, 0.15) is 3.79 Å². The number of aromatic nitrogens is 1. The molecule has 0 aliphatic rings. The summed E-state index contributed by atoms with van der Waals surface area (Å²) in [5, 5.41) is 0.345. The highest BCUT2D eigenvalue weighted by Gasteiger charge is 2.15. The number of nitrogens with two attached hydrogens (primary N) is 1. The standard InChI is InChI=1S/C5H5BrN2O2S/c1-10-4(9)2-3(6)11-5(7)8-2/h1H3,(H2,7,8). The van der Waals surface area contributed by atoms with E-state index < -0.39 is 5.97 Å². The zero-order valence-corrected chi connectivity index (χ0v) is 8.03. The molecule has 1 aromatic heterocycles. The molecule has 1 rings (SSSR count). The van der Waals surface area contributed by atoms with Gasteiger partial charge >= 0.3 is 5.97 Å². The molecule has 60 valence electrons. The first kappa shape index (κ1) is 8.48. The van der Waals surface area contributed by atoms with Crippen molar-refractivity contribution in [1.82, 2.24) is 4.98 Å². The number of nitrogen functional groups attached to an aromatic ring is 1. The third-order valence-electron chi connectivity index (χ3n) is 0.981. The number of ether oxygens (including phenoxy) is 1. The van der Waals surface area contributed by atoms with Crippen molar-refractivity contribution >= 4 is 38.4 Å². The Kier molecular flexibility index (Phi) is 2.45. The van der Waals surface area contributed by atoms with Crippen molar-refractivity contribution in [1.29, 1.82) is 0 Å². The van der Waals surface area contributed by atoms with Crippen molar-refractivity contribution in [2.75, 3.05) is 12.8 Å². The maximum absolute atomic E-state index is 10.9. The lowest BCUT2D eigenvalue weighted by Gasteiger charge is -1.92. The van der Waals surface area contributed by atoms with Crippen LogP contribution >= 0.6 is 27.3 Å². The molecule has 0 aromatic carbocycles. The van der Waals surface area contributed by atoms with Crippen LogP contribution in [0.1, 0.15) is 10.5 Å². The third-order valence-corrected chi connectivity index (χ3v) is 2.52. The molecule has 0 bridgehead atoms. The van der Waals surface area contributed by atoms with E-state index in [1.807, 2.05) is 0 Å². The van der Waals surface area contributed by atoms with Crippen LogP contribution in [0.4, 0.5) is 5.13 Å². The number of rotatable bonds is 1. The quantitative estimate of drug-likeness (QED) is 0.747. The van der Waals surface area contributed by atoms with Crippen molar-refractivity contribution in [3.05, 3.63) is 9.48 Å². The Balaban J connectivity index is 3.03. The van der Waals surface area contributed by atoms with Crippen LogP contribution in [0, 0.1) is 0 Å². The number of thiazole rings is 1. The number of hydrogen-bond acceptors (Lipinski definition) is 5. The van der Waals surface area contributed by atoms with Crippen molar-refractivity contribution < 1.29 is 9.53 Å². The van der Waals surface area contributed by atoms with Crippen LogP contribution in [0.15, 0.2) is 3.79 Å². The van der Waals surface area contributed by atoms with Crippen LogP contribution in [0.3, 0.4) is 0 Å². The summed E-state index contributed by atoms with van der Waals surface area (Å²) >= 11 is 4.33. The van der Waals surface area contributed by atoms with Gasteiger partial charge in [0, 0.05) is 0 Å². The summed E-state index contributed by atoms with van der Waals surface area (Å²) in [6.45, 7) is 0. The maximum Gasteiger partial charge on any atom is 0.358 e. The topological polar surface area (TPSA) is 65.2 Å². The number of carbonyl (C=O) groups is 1. The van der Waals surface area contributed by atoms with E-state index in [2.05, 4.69) is 25.7 Å². The van der Waals surface area contributed by atoms with Crippen LogP contribution in [0.25, 0.3) is 0 Å². The Morgan fingerprint density at radius 1 is 1.82 bits per heavy atom. The number of carbonyl (C=O) groups excluding carboxylic acids is 1. The molecule has 11 heavy (non-hydrogen) atoms.